The molecule has 0 fully saturated rings. The van der Waals surface area contributed by atoms with Gasteiger partial charge in [0.05, 0.1) is 17.7 Å². The number of hydrogen-bond acceptors (Lipinski definition) is 2. The highest BCUT2D eigenvalue weighted by Crippen LogP contribution is 2.29. The lowest BCUT2D eigenvalue weighted by Gasteiger charge is -2.09. The molecule has 0 unspecified atom stereocenters. The number of benzene rings is 1. The molecule has 0 radical (unpaired) electrons. The van der Waals surface area contributed by atoms with Crippen molar-refractivity contribution in [1.82, 2.24) is 10.2 Å². The van der Waals surface area contributed by atoms with Crippen LogP contribution in [0.5, 0.6) is 0 Å². The van der Waals surface area contributed by atoms with Crippen LogP contribution in [0.2, 0.25) is 0 Å². The van der Waals surface area contributed by atoms with Gasteiger partial charge in [0.1, 0.15) is 0 Å². The van der Waals surface area contributed by atoms with Gasteiger partial charge in [-0.25, -0.2) is 0 Å². The lowest BCUT2D eigenvalue weighted by molar-refractivity contribution is -0.137. The molecule has 0 spiro atoms. The van der Waals surface area contributed by atoms with Crippen LogP contribution in [0.3, 0.4) is 0 Å². The quantitative estimate of drug-likeness (QED) is 0.914. The largest absolute Gasteiger partial charge is 0.416 e. The smallest absolute Gasteiger partial charge is 0.326 e. The lowest BCUT2D eigenvalue weighted by atomic mass is 10.1. The van der Waals surface area contributed by atoms with Crippen molar-refractivity contribution in [2.75, 3.05) is 5.32 Å². The molecule has 1 aromatic carbocycles. The average molecular weight is 297 g/mol. The number of alkyl halides is 3. The van der Waals surface area contributed by atoms with E-state index in [1.807, 2.05) is 0 Å². The Morgan fingerprint density at radius 3 is 2.33 bits per heavy atom. The normalized spacial score (nSPS) is 11.5. The van der Waals surface area contributed by atoms with E-state index in [-0.39, 0.29) is 12.3 Å². The van der Waals surface area contributed by atoms with Gasteiger partial charge in [-0.15, -0.1) is 0 Å². The second-order valence-electron chi connectivity index (χ2n) is 4.71. The minimum atomic E-state index is -4.38. The van der Waals surface area contributed by atoms with Gasteiger partial charge in [0.25, 0.3) is 0 Å². The summed E-state index contributed by atoms with van der Waals surface area (Å²) in [6, 6.07) is 4.33. The molecule has 2 aromatic rings. The second-order valence-corrected chi connectivity index (χ2v) is 4.71. The number of nitrogens with zero attached hydrogens (tertiary/aromatic N) is 1. The topological polar surface area (TPSA) is 57.8 Å². The van der Waals surface area contributed by atoms with Crippen molar-refractivity contribution >= 4 is 11.6 Å². The highest BCUT2D eigenvalue weighted by molar-refractivity contribution is 5.92. The molecule has 1 aromatic heterocycles. The fourth-order valence-electron chi connectivity index (χ4n) is 1.94. The molecule has 2 N–H and O–H groups in total. The van der Waals surface area contributed by atoms with Gasteiger partial charge in [0.2, 0.25) is 5.91 Å². The van der Waals surface area contributed by atoms with Crippen molar-refractivity contribution in [2.45, 2.75) is 26.4 Å². The van der Waals surface area contributed by atoms with Crippen LogP contribution in [0.15, 0.2) is 24.3 Å². The first-order valence-electron chi connectivity index (χ1n) is 6.25. The monoisotopic (exact) mass is 297 g/mol. The number of aromatic nitrogens is 2. The highest BCUT2D eigenvalue weighted by Gasteiger charge is 2.29. The Kier molecular flexibility index (Phi) is 4.02. The van der Waals surface area contributed by atoms with Crippen LogP contribution in [-0.4, -0.2) is 16.1 Å². The van der Waals surface area contributed by atoms with Crippen molar-refractivity contribution in [3.63, 3.8) is 0 Å². The standard InChI is InChI=1S/C14H14F3N3O/c1-8-12(9(2)20-19-8)7-13(21)18-11-5-3-10(4-6-11)14(15,16)17/h3-6H,7H2,1-2H3,(H,18,21)(H,19,20). The number of H-pyrrole nitrogens is 1. The summed E-state index contributed by atoms with van der Waals surface area (Å²) < 4.78 is 37.3. The number of aromatic amines is 1. The molecule has 4 nitrogen and oxygen atoms in total. The SMILES string of the molecule is Cc1n[nH]c(C)c1CC(=O)Nc1ccc(C(F)(F)F)cc1. The number of aryl methyl sites for hydroxylation is 2. The summed E-state index contributed by atoms with van der Waals surface area (Å²) in [4.78, 5) is 11.9. The summed E-state index contributed by atoms with van der Waals surface area (Å²) in [5, 5.41) is 9.33. The van der Waals surface area contributed by atoms with Gasteiger partial charge < -0.3 is 5.32 Å². The van der Waals surface area contributed by atoms with Crippen LogP contribution in [-0.2, 0) is 17.4 Å². The molecule has 1 amide bonds. The third-order valence-electron chi connectivity index (χ3n) is 3.11. The number of anilines is 1. The highest BCUT2D eigenvalue weighted by atomic mass is 19.4. The Labute approximate surface area is 119 Å². The maximum atomic E-state index is 12.4. The van der Waals surface area contributed by atoms with Gasteiger partial charge in [0, 0.05) is 16.9 Å². The second kappa shape index (κ2) is 5.59. The van der Waals surface area contributed by atoms with Crippen LogP contribution < -0.4 is 5.32 Å². The van der Waals surface area contributed by atoms with Crippen molar-refractivity contribution in [2.24, 2.45) is 0 Å². The van der Waals surface area contributed by atoms with Crippen LogP contribution in [0.1, 0.15) is 22.5 Å². The van der Waals surface area contributed by atoms with Gasteiger partial charge in [0.15, 0.2) is 0 Å². The molecule has 21 heavy (non-hydrogen) atoms. The first-order chi connectivity index (χ1) is 9.77. The van der Waals surface area contributed by atoms with Crippen molar-refractivity contribution in [1.29, 1.82) is 0 Å². The summed E-state index contributed by atoms with van der Waals surface area (Å²) in [6.07, 6.45) is -4.26. The molecule has 0 aliphatic heterocycles. The van der Waals surface area contributed by atoms with E-state index in [2.05, 4.69) is 15.5 Å². The van der Waals surface area contributed by atoms with Crippen LogP contribution in [0, 0.1) is 13.8 Å². The van der Waals surface area contributed by atoms with E-state index in [0.29, 0.717) is 5.69 Å². The van der Waals surface area contributed by atoms with E-state index in [9.17, 15) is 18.0 Å². The maximum absolute atomic E-state index is 12.4. The molecule has 2 rings (SSSR count). The first kappa shape index (κ1) is 15.1. The van der Waals surface area contributed by atoms with E-state index in [0.717, 1.165) is 29.1 Å². The Morgan fingerprint density at radius 2 is 1.86 bits per heavy atom. The fraction of sp³-hybridized carbons (Fsp3) is 0.286. The van der Waals surface area contributed by atoms with Gasteiger partial charge in [-0.05, 0) is 38.1 Å². The summed E-state index contributed by atoms with van der Waals surface area (Å²) in [5.74, 6) is -0.303. The molecular weight excluding hydrogens is 283 g/mol. The Balaban J connectivity index is 2.03. The zero-order valence-corrected chi connectivity index (χ0v) is 11.5. The summed E-state index contributed by atoms with van der Waals surface area (Å²) in [5.41, 5.74) is 1.90. The number of carbonyl (C=O) groups is 1. The molecule has 0 atom stereocenters. The minimum Gasteiger partial charge on any atom is -0.326 e. The van der Waals surface area contributed by atoms with Gasteiger partial charge >= 0.3 is 6.18 Å². The van der Waals surface area contributed by atoms with E-state index in [4.69, 9.17) is 0 Å². The number of halogens is 3. The maximum Gasteiger partial charge on any atom is 0.416 e. The summed E-state index contributed by atoms with van der Waals surface area (Å²) in [7, 11) is 0. The molecular formula is C14H14F3N3O. The van der Waals surface area contributed by atoms with Crippen molar-refractivity contribution < 1.29 is 18.0 Å². The first-order valence-corrected chi connectivity index (χ1v) is 6.25. The number of hydrogen-bond donors (Lipinski definition) is 2. The Bertz CT molecular complexity index is 625. The molecule has 0 bridgehead atoms. The van der Waals surface area contributed by atoms with E-state index >= 15 is 0 Å². The molecule has 7 heteroatoms. The Hall–Kier alpha value is -2.31. The van der Waals surface area contributed by atoms with Crippen LogP contribution in [0.25, 0.3) is 0 Å². The predicted octanol–water partition coefficient (Wildman–Crippen LogP) is 3.23. The van der Waals surface area contributed by atoms with E-state index < -0.39 is 11.7 Å². The zero-order chi connectivity index (χ0) is 15.6. The van der Waals surface area contributed by atoms with Crippen LogP contribution >= 0.6 is 0 Å². The van der Waals surface area contributed by atoms with Gasteiger partial charge in [-0.2, -0.15) is 18.3 Å². The van der Waals surface area contributed by atoms with E-state index in [1.165, 1.54) is 12.1 Å². The molecule has 0 aliphatic carbocycles. The molecule has 0 saturated heterocycles. The number of carbonyl (C=O) groups excluding carboxylic acids is 1. The Morgan fingerprint density at radius 1 is 1.24 bits per heavy atom. The van der Waals surface area contributed by atoms with Crippen molar-refractivity contribution in [3.05, 3.63) is 46.8 Å². The lowest BCUT2D eigenvalue weighted by Crippen LogP contribution is -2.15. The van der Waals surface area contributed by atoms with Gasteiger partial charge in [-0.1, -0.05) is 0 Å². The molecule has 112 valence electrons. The molecule has 0 saturated carbocycles. The molecule has 0 aliphatic rings. The average Bonchev–Trinajstić information content (AvgIpc) is 2.70. The third kappa shape index (κ3) is 3.62. The number of amides is 1. The van der Waals surface area contributed by atoms with Gasteiger partial charge in [-0.3, -0.25) is 9.89 Å². The number of rotatable bonds is 3. The van der Waals surface area contributed by atoms with Crippen LogP contribution in [0.4, 0.5) is 18.9 Å². The number of nitrogens with one attached hydrogen (secondary N) is 2. The van der Waals surface area contributed by atoms with E-state index in [1.54, 1.807) is 13.8 Å². The third-order valence-corrected chi connectivity index (χ3v) is 3.11. The zero-order valence-electron chi connectivity index (χ0n) is 11.5. The molecule has 1 heterocycles. The summed E-state index contributed by atoms with van der Waals surface area (Å²) in [6.45, 7) is 3.59. The minimum absolute atomic E-state index is 0.120. The van der Waals surface area contributed by atoms with Crippen molar-refractivity contribution in [3.8, 4) is 0 Å². The summed E-state index contributed by atoms with van der Waals surface area (Å²) >= 11 is 0. The fourth-order valence-corrected chi connectivity index (χ4v) is 1.94. The predicted molar refractivity (Wildman–Crippen MR) is 71.8 cm³/mol.